The lowest BCUT2D eigenvalue weighted by Crippen LogP contribution is -2.50. The van der Waals surface area contributed by atoms with Crippen molar-refractivity contribution in [2.45, 2.75) is 31.7 Å². The lowest BCUT2D eigenvalue weighted by Gasteiger charge is -2.35. The number of aromatic amines is 1. The van der Waals surface area contributed by atoms with Crippen LogP contribution >= 0.6 is 23.5 Å². The minimum absolute atomic E-state index is 0.0811. The number of rotatable bonds is 5. The van der Waals surface area contributed by atoms with Crippen LogP contribution in [0, 0.1) is 0 Å². The highest BCUT2D eigenvalue weighted by Crippen LogP contribution is 2.52. The first-order chi connectivity index (χ1) is 19.2. The van der Waals surface area contributed by atoms with E-state index in [4.69, 9.17) is 14.2 Å². The van der Waals surface area contributed by atoms with Crippen molar-refractivity contribution in [2.24, 2.45) is 0 Å². The smallest absolute Gasteiger partial charge is 0.250 e. The Bertz CT molecular complexity index is 1400. The van der Waals surface area contributed by atoms with E-state index in [2.05, 4.69) is 62.6 Å². The first kappa shape index (κ1) is 25.5. The van der Waals surface area contributed by atoms with Gasteiger partial charge in [-0.05, 0) is 30.3 Å². The monoisotopic (exact) mass is 564 g/mol. The molecule has 2 atom stereocenters. The quantitative estimate of drug-likeness (QED) is 0.374. The highest BCUT2D eigenvalue weighted by Gasteiger charge is 2.34. The van der Waals surface area contributed by atoms with E-state index in [1.807, 2.05) is 0 Å². The summed E-state index contributed by atoms with van der Waals surface area (Å²) < 4.78 is 16.9. The minimum atomic E-state index is -0.0811. The fourth-order valence-corrected chi connectivity index (χ4v) is 8.16. The highest BCUT2D eigenvalue weighted by molar-refractivity contribution is 8.05. The van der Waals surface area contributed by atoms with Crippen LogP contribution in [-0.4, -0.2) is 87.8 Å². The van der Waals surface area contributed by atoms with Gasteiger partial charge in [-0.3, -0.25) is 9.69 Å². The molecule has 2 aromatic carbocycles. The third-order valence-electron chi connectivity index (χ3n) is 7.77. The van der Waals surface area contributed by atoms with E-state index in [0.29, 0.717) is 19.3 Å². The number of anilines is 2. The largest absolute Gasteiger partial charge is 0.379 e. The normalized spacial score (nSPS) is 23.3. The molecule has 39 heavy (non-hydrogen) atoms. The first-order valence-corrected chi connectivity index (χ1v) is 15.2. The molecule has 3 fully saturated rings. The number of nitrogens with one attached hydrogen (secondary N) is 2. The highest BCUT2D eigenvalue weighted by atomic mass is 32.2. The summed E-state index contributed by atoms with van der Waals surface area (Å²) in [4.78, 5) is 25.3. The van der Waals surface area contributed by atoms with E-state index in [-0.39, 0.29) is 11.6 Å². The predicted molar refractivity (Wildman–Crippen MR) is 155 cm³/mol. The second-order valence-corrected chi connectivity index (χ2v) is 12.4. The second-order valence-electron chi connectivity index (χ2n) is 10.2. The van der Waals surface area contributed by atoms with Gasteiger partial charge in [0.05, 0.1) is 57.4 Å². The molecule has 2 N–H and O–H groups in total. The number of pyridine rings is 1. The lowest BCUT2D eigenvalue weighted by atomic mass is 10.1. The Hall–Kier alpha value is -2.47. The van der Waals surface area contributed by atoms with Crippen LogP contribution in [0.5, 0.6) is 0 Å². The van der Waals surface area contributed by atoms with Gasteiger partial charge in [0.25, 0.3) is 0 Å². The summed E-state index contributed by atoms with van der Waals surface area (Å²) in [5, 5.41) is 3.76. The second kappa shape index (κ2) is 11.2. The van der Waals surface area contributed by atoms with Crippen LogP contribution in [-0.2, 0) is 14.2 Å². The summed E-state index contributed by atoms with van der Waals surface area (Å²) in [6, 6.07) is 17.4. The van der Waals surface area contributed by atoms with Crippen LogP contribution in [0.3, 0.4) is 0 Å². The number of fused-ring (bicyclic) bond motifs is 2. The van der Waals surface area contributed by atoms with Crippen LogP contribution in [0.1, 0.15) is 0 Å². The topological polar surface area (TPSA) is 79.1 Å². The first-order valence-electron chi connectivity index (χ1n) is 13.6. The van der Waals surface area contributed by atoms with E-state index in [1.54, 1.807) is 29.6 Å². The zero-order chi connectivity index (χ0) is 26.2. The van der Waals surface area contributed by atoms with Crippen LogP contribution in [0.25, 0.3) is 11.3 Å². The van der Waals surface area contributed by atoms with Gasteiger partial charge >= 0.3 is 0 Å². The van der Waals surface area contributed by atoms with Crippen molar-refractivity contribution < 1.29 is 14.2 Å². The number of H-pyrrole nitrogens is 1. The molecule has 1 aromatic heterocycles. The molecular formula is C29H32N4O4S2. The number of hydrogen-bond acceptors (Lipinski definition) is 9. The summed E-state index contributed by atoms with van der Waals surface area (Å²) in [7, 11) is 0. The maximum absolute atomic E-state index is 12.6. The molecule has 3 aromatic rings. The van der Waals surface area contributed by atoms with Crippen molar-refractivity contribution in [2.75, 3.05) is 76.0 Å². The summed E-state index contributed by atoms with van der Waals surface area (Å²) in [5.74, 6) is 0. The van der Waals surface area contributed by atoms with Gasteiger partial charge in [-0.1, -0.05) is 35.7 Å². The number of benzene rings is 2. The summed E-state index contributed by atoms with van der Waals surface area (Å²) in [6.07, 6.45) is 0. The Kier molecular flexibility index (Phi) is 7.31. The Morgan fingerprint density at radius 2 is 1.64 bits per heavy atom. The third-order valence-corrected chi connectivity index (χ3v) is 10.4. The lowest BCUT2D eigenvalue weighted by molar-refractivity contribution is 0.0131. The fourth-order valence-electron chi connectivity index (χ4n) is 5.75. The molecule has 5 heterocycles. The molecule has 0 amide bonds. The summed E-state index contributed by atoms with van der Waals surface area (Å²) in [5.41, 5.74) is 3.90. The van der Waals surface area contributed by atoms with Gasteiger partial charge in [-0.15, -0.1) is 0 Å². The fraction of sp³-hybridized carbons (Fsp3) is 0.414. The summed E-state index contributed by atoms with van der Waals surface area (Å²) >= 11 is 3.57. The van der Waals surface area contributed by atoms with Gasteiger partial charge in [0, 0.05) is 68.8 Å². The molecule has 0 spiro atoms. The number of aromatic nitrogens is 1. The van der Waals surface area contributed by atoms with E-state index < -0.39 is 0 Å². The molecule has 204 valence electrons. The molecule has 0 unspecified atom stereocenters. The number of nitrogens with zero attached hydrogens (tertiary/aromatic N) is 2. The SMILES string of the molecule is O=c1cc(N2CCOCC2)cc(-c2cccc3c2Sc2ccc(N[C@@H]4COC[C@@H]4N4CCOCC4)cc2S3)[nH]1. The van der Waals surface area contributed by atoms with Crippen molar-refractivity contribution in [3.63, 3.8) is 0 Å². The van der Waals surface area contributed by atoms with Gasteiger partial charge in [-0.25, -0.2) is 0 Å². The predicted octanol–water partition coefficient (Wildman–Crippen LogP) is 4.01. The third kappa shape index (κ3) is 5.33. The number of hydrogen-bond donors (Lipinski definition) is 2. The number of morpholine rings is 2. The van der Waals surface area contributed by atoms with Crippen LogP contribution in [0.4, 0.5) is 11.4 Å². The van der Waals surface area contributed by atoms with Crippen molar-refractivity contribution in [1.82, 2.24) is 9.88 Å². The molecular weight excluding hydrogens is 532 g/mol. The molecule has 4 aliphatic heterocycles. The van der Waals surface area contributed by atoms with Crippen molar-refractivity contribution in [3.05, 3.63) is 58.9 Å². The van der Waals surface area contributed by atoms with Gasteiger partial charge in [0.2, 0.25) is 5.56 Å². The van der Waals surface area contributed by atoms with Gasteiger partial charge in [-0.2, -0.15) is 0 Å². The number of ether oxygens (including phenoxy) is 3. The maximum atomic E-state index is 12.6. The average Bonchev–Trinajstić information content (AvgIpc) is 3.44. The zero-order valence-electron chi connectivity index (χ0n) is 21.7. The zero-order valence-corrected chi connectivity index (χ0v) is 23.3. The Morgan fingerprint density at radius 3 is 2.49 bits per heavy atom. The van der Waals surface area contributed by atoms with Crippen LogP contribution in [0.2, 0.25) is 0 Å². The van der Waals surface area contributed by atoms with Crippen molar-refractivity contribution in [3.8, 4) is 11.3 Å². The Morgan fingerprint density at radius 1 is 0.821 bits per heavy atom. The van der Waals surface area contributed by atoms with Crippen molar-refractivity contribution >= 4 is 34.9 Å². The molecule has 3 saturated heterocycles. The molecule has 0 radical (unpaired) electrons. The molecule has 4 aliphatic rings. The summed E-state index contributed by atoms with van der Waals surface area (Å²) in [6.45, 7) is 7.95. The minimum Gasteiger partial charge on any atom is -0.379 e. The van der Waals surface area contributed by atoms with Crippen LogP contribution < -0.4 is 15.8 Å². The Labute approximate surface area is 236 Å². The van der Waals surface area contributed by atoms with Crippen LogP contribution in [0.15, 0.2) is 72.9 Å². The molecule has 8 nitrogen and oxygen atoms in total. The standard InChI is InChI=1S/C29H32N4O4S2/c34-28-16-20(32-6-10-35-11-7-32)15-22(31-28)21-2-1-3-26-29(21)39-25-5-4-19(14-27(25)38-26)30-23-17-37-18-24(23)33-8-12-36-13-9-33/h1-5,14-16,23-24,30H,6-13,17-18H2,(H,31,34)/t23-,24+/m1/s1. The molecule has 0 saturated carbocycles. The molecule has 10 heteroatoms. The van der Waals surface area contributed by atoms with Gasteiger partial charge < -0.3 is 29.4 Å². The van der Waals surface area contributed by atoms with Gasteiger partial charge in [0.1, 0.15) is 0 Å². The van der Waals surface area contributed by atoms with E-state index in [9.17, 15) is 4.79 Å². The molecule has 0 aliphatic carbocycles. The van der Waals surface area contributed by atoms with E-state index in [1.165, 1.54) is 19.6 Å². The van der Waals surface area contributed by atoms with E-state index in [0.717, 1.165) is 75.2 Å². The van der Waals surface area contributed by atoms with Crippen molar-refractivity contribution in [1.29, 1.82) is 0 Å². The average molecular weight is 565 g/mol. The van der Waals surface area contributed by atoms with Gasteiger partial charge in [0.15, 0.2) is 0 Å². The Balaban J connectivity index is 1.12. The molecule has 7 rings (SSSR count). The molecule has 0 bridgehead atoms. The maximum Gasteiger partial charge on any atom is 0.250 e. The van der Waals surface area contributed by atoms with E-state index >= 15 is 0 Å².